The van der Waals surface area contributed by atoms with Crippen LogP contribution < -0.4 is 5.32 Å². The number of phenols is 2. The number of nitrogens with zero attached hydrogens (tertiary/aromatic N) is 1. The van der Waals surface area contributed by atoms with Gasteiger partial charge in [-0.2, -0.15) is 11.8 Å². The van der Waals surface area contributed by atoms with E-state index in [0.29, 0.717) is 0 Å². The highest BCUT2D eigenvalue weighted by Gasteiger charge is 2.09. The first-order chi connectivity index (χ1) is 8.75. The average Bonchev–Trinajstić information content (AvgIpc) is 2.40. The van der Waals surface area contributed by atoms with E-state index in [1.165, 1.54) is 30.7 Å². The Kier molecular flexibility index (Phi) is 5.16. The van der Waals surface area contributed by atoms with Crippen molar-refractivity contribution in [1.29, 1.82) is 0 Å². The smallest absolute Gasteiger partial charge is 0.157 e. The van der Waals surface area contributed by atoms with E-state index >= 15 is 0 Å². The maximum Gasteiger partial charge on any atom is 0.157 e. The van der Waals surface area contributed by atoms with Gasteiger partial charge in [-0.05, 0) is 17.7 Å². The lowest BCUT2D eigenvalue weighted by Gasteiger charge is -2.26. The molecule has 0 amide bonds. The molecule has 0 spiro atoms. The Hall–Kier alpha value is -0.910. The van der Waals surface area contributed by atoms with Crippen LogP contribution in [-0.4, -0.2) is 52.8 Å². The minimum absolute atomic E-state index is 0.0534. The summed E-state index contributed by atoms with van der Waals surface area (Å²) < 4.78 is 0. The van der Waals surface area contributed by atoms with Gasteiger partial charge in [0, 0.05) is 44.2 Å². The molecule has 5 heteroatoms. The monoisotopic (exact) mass is 268 g/mol. The Morgan fingerprint density at radius 2 is 1.94 bits per heavy atom. The molecule has 1 heterocycles. The summed E-state index contributed by atoms with van der Waals surface area (Å²) in [5.74, 6) is 2.37. The number of hydrogen-bond donors (Lipinski definition) is 3. The molecule has 0 atom stereocenters. The van der Waals surface area contributed by atoms with Gasteiger partial charge in [0.15, 0.2) is 11.5 Å². The van der Waals surface area contributed by atoms with Gasteiger partial charge in [0.05, 0.1) is 0 Å². The third-order valence-corrected chi connectivity index (χ3v) is 4.02. The standard InChI is InChI=1S/C13H20N2O2S/c16-12-2-1-11(9-13(12)17)10-14-3-4-15-5-7-18-8-6-15/h1-2,9,14,16-17H,3-8,10H2. The van der Waals surface area contributed by atoms with E-state index in [2.05, 4.69) is 10.2 Å². The van der Waals surface area contributed by atoms with Gasteiger partial charge in [0.25, 0.3) is 0 Å². The molecule has 0 aromatic heterocycles. The maximum absolute atomic E-state index is 9.37. The molecule has 4 nitrogen and oxygen atoms in total. The lowest BCUT2D eigenvalue weighted by atomic mass is 10.2. The molecule has 0 unspecified atom stereocenters. The van der Waals surface area contributed by atoms with Gasteiger partial charge >= 0.3 is 0 Å². The zero-order valence-corrected chi connectivity index (χ0v) is 11.2. The van der Waals surface area contributed by atoms with Crippen LogP contribution in [0.5, 0.6) is 11.5 Å². The predicted molar refractivity (Wildman–Crippen MR) is 75.2 cm³/mol. The molecular weight excluding hydrogens is 248 g/mol. The highest BCUT2D eigenvalue weighted by molar-refractivity contribution is 7.99. The van der Waals surface area contributed by atoms with Crippen molar-refractivity contribution in [1.82, 2.24) is 10.2 Å². The van der Waals surface area contributed by atoms with Gasteiger partial charge in [-0.1, -0.05) is 6.07 Å². The Labute approximate surface area is 112 Å². The fourth-order valence-electron chi connectivity index (χ4n) is 1.97. The van der Waals surface area contributed by atoms with Crippen LogP contribution in [0.2, 0.25) is 0 Å². The fourth-order valence-corrected chi connectivity index (χ4v) is 2.95. The van der Waals surface area contributed by atoms with Crippen LogP contribution >= 0.6 is 11.8 Å². The molecule has 0 aliphatic carbocycles. The molecule has 1 saturated heterocycles. The molecule has 1 aromatic carbocycles. The third-order valence-electron chi connectivity index (χ3n) is 3.08. The average molecular weight is 268 g/mol. The van der Waals surface area contributed by atoms with Crippen LogP contribution in [0.25, 0.3) is 0 Å². The first-order valence-electron chi connectivity index (χ1n) is 6.27. The lowest BCUT2D eigenvalue weighted by Crippen LogP contribution is -2.37. The number of aromatic hydroxyl groups is 2. The van der Waals surface area contributed by atoms with E-state index in [1.807, 2.05) is 17.8 Å². The molecule has 18 heavy (non-hydrogen) atoms. The van der Waals surface area contributed by atoms with Gasteiger partial charge in [0.2, 0.25) is 0 Å². The Bertz CT molecular complexity index is 381. The van der Waals surface area contributed by atoms with E-state index in [1.54, 1.807) is 6.07 Å². The Morgan fingerprint density at radius 3 is 2.67 bits per heavy atom. The molecule has 2 rings (SSSR count). The van der Waals surface area contributed by atoms with E-state index in [0.717, 1.165) is 25.2 Å². The molecule has 1 aromatic rings. The summed E-state index contributed by atoms with van der Waals surface area (Å²) in [6, 6.07) is 4.94. The molecule has 3 N–H and O–H groups in total. The van der Waals surface area contributed by atoms with E-state index < -0.39 is 0 Å². The van der Waals surface area contributed by atoms with Crippen molar-refractivity contribution in [2.75, 3.05) is 37.7 Å². The second-order valence-electron chi connectivity index (χ2n) is 4.45. The first kappa shape index (κ1) is 13.5. The number of hydrogen-bond acceptors (Lipinski definition) is 5. The molecule has 100 valence electrons. The van der Waals surface area contributed by atoms with Crippen molar-refractivity contribution in [3.05, 3.63) is 23.8 Å². The summed E-state index contributed by atoms with van der Waals surface area (Å²) in [4.78, 5) is 2.47. The van der Waals surface area contributed by atoms with Crippen LogP contribution in [0.3, 0.4) is 0 Å². The highest BCUT2D eigenvalue weighted by atomic mass is 32.2. The van der Waals surface area contributed by atoms with E-state index in [4.69, 9.17) is 0 Å². The lowest BCUT2D eigenvalue weighted by molar-refractivity contribution is 0.301. The first-order valence-corrected chi connectivity index (χ1v) is 7.43. The van der Waals surface area contributed by atoms with Crippen LogP contribution in [0.4, 0.5) is 0 Å². The van der Waals surface area contributed by atoms with E-state index in [-0.39, 0.29) is 11.5 Å². The summed E-state index contributed by atoms with van der Waals surface area (Å²) in [6.45, 7) is 5.12. The topological polar surface area (TPSA) is 55.7 Å². The second-order valence-corrected chi connectivity index (χ2v) is 5.68. The van der Waals surface area contributed by atoms with Gasteiger partial charge in [-0.25, -0.2) is 0 Å². The number of thioether (sulfide) groups is 1. The molecule has 1 aliphatic rings. The molecular formula is C13H20N2O2S. The van der Waals surface area contributed by atoms with Crippen molar-refractivity contribution in [2.45, 2.75) is 6.54 Å². The van der Waals surface area contributed by atoms with Crippen molar-refractivity contribution < 1.29 is 10.2 Å². The summed E-state index contributed by atoms with van der Waals surface area (Å²) in [6.07, 6.45) is 0. The van der Waals surface area contributed by atoms with Crippen molar-refractivity contribution >= 4 is 11.8 Å². The molecule has 0 radical (unpaired) electrons. The van der Waals surface area contributed by atoms with Crippen LogP contribution in [0, 0.1) is 0 Å². The summed E-state index contributed by atoms with van der Waals surface area (Å²) in [7, 11) is 0. The molecule has 1 aliphatic heterocycles. The molecule has 1 fully saturated rings. The number of benzene rings is 1. The molecule has 0 bridgehead atoms. The number of rotatable bonds is 5. The summed E-state index contributed by atoms with van der Waals surface area (Å²) in [5.41, 5.74) is 0.986. The molecule has 0 saturated carbocycles. The predicted octanol–water partition coefficient (Wildman–Crippen LogP) is 1.24. The van der Waals surface area contributed by atoms with Crippen LogP contribution in [-0.2, 0) is 6.54 Å². The normalized spacial score (nSPS) is 16.9. The van der Waals surface area contributed by atoms with Gasteiger partial charge in [-0.15, -0.1) is 0 Å². The van der Waals surface area contributed by atoms with Crippen LogP contribution in [0.15, 0.2) is 18.2 Å². The van der Waals surface area contributed by atoms with Gasteiger partial charge in [0.1, 0.15) is 0 Å². The largest absolute Gasteiger partial charge is 0.504 e. The summed E-state index contributed by atoms with van der Waals surface area (Å²) in [5, 5.41) is 21.9. The Morgan fingerprint density at radius 1 is 1.17 bits per heavy atom. The highest BCUT2D eigenvalue weighted by Crippen LogP contribution is 2.24. The zero-order valence-electron chi connectivity index (χ0n) is 10.4. The third kappa shape index (κ3) is 4.08. The summed E-state index contributed by atoms with van der Waals surface area (Å²) >= 11 is 2.02. The van der Waals surface area contributed by atoms with Crippen molar-refractivity contribution in [2.24, 2.45) is 0 Å². The van der Waals surface area contributed by atoms with Crippen molar-refractivity contribution in [3.8, 4) is 11.5 Å². The zero-order chi connectivity index (χ0) is 12.8. The SMILES string of the molecule is Oc1ccc(CNCCN2CCSCC2)cc1O. The van der Waals surface area contributed by atoms with Gasteiger partial charge in [-0.3, -0.25) is 0 Å². The quantitative estimate of drug-likeness (QED) is 0.554. The Balaban J connectivity index is 1.66. The van der Waals surface area contributed by atoms with Crippen LogP contribution in [0.1, 0.15) is 5.56 Å². The fraction of sp³-hybridized carbons (Fsp3) is 0.538. The number of phenolic OH excluding ortho intramolecular Hbond substituents is 2. The maximum atomic E-state index is 9.37. The second kappa shape index (κ2) is 6.87. The minimum Gasteiger partial charge on any atom is -0.504 e. The van der Waals surface area contributed by atoms with Crippen molar-refractivity contribution in [3.63, 3.8) is 0 Å². The number of nitrogens with one attached hydrogen (secondary N) is 1. The van der Waals surface area contributed by atoms with Gasteiger partial charge < -0.3 is 20.4 Å². The minimum atomic E-state index is -0.0652. The van der Waals surface area contributed by atoms with E-state index in [9.17, 15) is 10.2 Å².